The Morgan fingerprint density at radius 2 is 2.40 bits per heavy atom. The number of carboxylic acids is 1. The van der Waals surface area contributed by atoms with E-state index in [9.17, 15) is 9.18 Å². The van der Waals surface area contributed by atoms with Gasteiger partial charge in [-0.05, 0) is 12.5 Å². The van der Waals surface area contributed by atoms with Crippen molar-refractivity contribution in [2.75, 3.05) is 6.61 Å². The van der Waals surface area contributed by atoms with E-state index in [1.165, 1.54) is 12.1 Å². The molecule has 78 valence electrons. The minimum atomic E-state index is -0.796. The molecule has 2 aliphatic rings. The van der Waals surface area contributed by atoms with E-state index < -0.39 is 5.97 Å². The van der Waals surface area contributed by atoms with Gasteiger partial charge in [0, 0.05) is 17.0 Å². The van der Waals surface area contributed by atoms with E-state index in [4.69, 9.17) is 9.84 Å². The Labute approximate surface area is 85.5 Å². The molecule has 0 radical (unpaired) electrons. The average Bonchev–Trinajstić information content (AvgIpc) is 2.80. The molecule has 3 rings (SSSR count). The number of benzene rings is 1. The number of halogens is 1. The number of hydrogen-bond donors (Lipinski definition) is 1. The summed E-state index contributed by atoms with van der Waals surface area (Å²) in [4.78, 5) is 10.9. The van der Waals surface area contributed by atoms with Crippen LogP contribution >= 0.6 is 0 Å². The molecule has 2 atom stereocenters. The van der Waals surface area contributed by atoms with Gasteiger partial charge in [0.25, 0.3) is 0 Å². The molecule has 4 heteroatoms. The van der Waals surface area contributed by atoms with Crippen molar-refractivity contribution in [3.05, 3.63) is 29.6 Å². The van der Waals surface area contributed by atoms with E-state index in [-0.39, 0.29) is 17.2 Å². The second kappa shape index (κ2) is 2.51. The fourth-order valence-corrected chi connectivity index (χ4v) is 2.40. The van der Waals surface area contributed by atoms with Crippen molar-refractivity contribution in [3.8, 4) is 5.75 Å². The Morgan fingerprint density at radius 1 is 1.60 bits per heavy atom. The third kappa shape index (κ3) is 1.02. The summed E-state index contributed by atoms with van der Waals surface area (Å²) in [6.07, 6.45) is 0.598. The summed E-state index contributed by atoms with van der Waals surface area (Å²) in [7, 11) is 0. The summed E-state index contributed by atoms with van der Waals surface area (Å²) in [5, 5.41) is 8.93. The number of hydrogen-bond acceptors (Lipinski definition) is 2. The van der Waals surface area contributed by atoms with Gasteiger partial charge in [0.05, 0.1) is 12.5 Å². The van der Waals surface area contributed by atoms with Crippen LogP contribution in [0.3, 0.4) is 0 Å². The first-order valence-electron chi connectivity index (χ1n) is 4.79. The van der Waals surface area contributed by atoms with Gasteiger partial charge in [-0.1, -0.05) is 6.07 Å². The van der Waals surface area contributed by atoms with Crippen LogP contribution in [0.5, 0.6) is 5.75 Å². The van der Waals surface area contributed by atoms with Gasteiger partial charge in [0.1, 0.15) is 11.6 Å². The van der Waals surface area contributed by atoms with Gasteiger partial charge in [0.15, 0.2) is 0 Å². The molecule has 1 N–H and O–H groups in total. The summed E-state index contributed by atoms with van der Waals surface area (Å²) < 4.78 is 18.2. The average molecular weight is 208 g/mol. The van der Waals surface area contributed by atoms with Gasteiger partial charge >= 0.3 is 5.97 Å². The minimum absolute atomic E-state index is 0.349. The van der Waals surface area contributed by atoms with Crippen molar-refractivity contribution >= 4 is 5.97 Å². The summed E-state index contributed by atoms with van der Waals surface area (Å²) in [6.45, 7) is 0.364. The second-order valence-corrected chi connectivity index (χ2v) is 4.18. The highest BCUT2D eigenvalue weighted by Crippen LogP contribution is 2.60. The molecule has 3 nitrogen and oxygen atoms in total. The van der Waals surface area contributed by atoms with Crippen molar-refractivity contribution < 1.29 is 19.0 Å². The fraction of sp³-hybridized carbons (Fsp3) is 0.364. The van der Waals surface area contributed by atoms with Crippen LogP contribution in [0.2, 0.25) is 0 Å². The summed E-state index contributed by atoms with van der Waals surface area (Å²) in [5.41, 5.74) is 0.464. The van der Waals surface area contributed by atoms with Crippen LogP contribution in [0, 0.1) is 11.7 Å². The lowest BCUT2D eigenvalue weighted by molar-refractivity contribution is -0.139. The molecule has 0 amide bonds. The number of ether oxygens (including phenoxy) is 1. The highest BCUT2D eigenvalue weighted by molar-refractivity contribution is 5.78. The maximum absolute atomic E-state index is 12.9. The largest absolute Gasteiger partial charge is 0.492 e. The molecule has 1 aromatic carbocycles. The fourth-order valence-electron chi connectivity index (χ4n) is 2.40. The number of carbonyl (C=O) groups is 1. The molecule has 1 fully saturated rings. The molecular weight excluding hydrogens is 199 g/mol. The van der Waals surface area contributed by atoms with Gasteiger partial charge in [-0.3, -0.25) is 4.79 Å². The van der Waals surface area contributed by atoms with Crippen LogP contribution in [-0.2, 0) is 10.2 Å². The lowest BCUT2D eigenvalue weighted by Crippen LogP contribution is -2.16. The van der Waals surface area contributed by atoms with Crippen molar-refractivity contribution in [2.24, 2.45) is 5.92 Å². The molecule has 0 saturated heterocycles. The second-order valence-electron chi connectivity index (χ2n) is 4.18. The van der Waals surface area contributed by atoms with E-state index in [1.807, 2.05) is 0 Å². The van der Waals surface area contributed by atoms with E-state index in [2.05, 4.69) is 0 Å². The van der Waals surface area contributed by atoms with E-state index in [0.29, 0.717) is 18.8 Å². The van der Waals surface area contributed by atoms with Crippen molar-refractivity contribution in [1.29, 1.82) is 0 Å². The molecule has 1 aliphatic carbocycles. The van der Waals surface area contributed by atoms with Crippen molar-refractivity contribution in [1.82, 2.24) is 0 Å². The Bertz CT molecular complexity index is 457. The summed E-state index contributed by atoms with van der Waals surface area (Å²) in [5.74, 6) is -1.02. The van der Waals surface area contributed by atoms with Gasteiger partial charge in [0.2, 0.25) is 0 Å². The van der Waals surface area contributed by atoms with Crippen LogP contribution in [-0.4, -0.2) is 17.7 Å². The Morgan fingerprint density at radius 3 is 3.07 bits per heavy atom. The van der Waals surface area contributed by atoms with Gasteiger partial charge in [-0.2, -0.15) is 0 Å². The minimum Gasteiger partial charge on any atom is -0.492 e. The van der Waals surface area contributed by atoms with E-state index in [1.54, 1.807) is 6.07 Å². The molecule has 1 saturated carbocycles. The van der Waals surface area contributed by atoms with Crippen LogP contribution in [0.15, 0.2) is 18.2 Å². The number of carboxylic acid groups (broad SMARTS) is 1. The van der Waals surface area contributed by atoms with E-state index in [0.717, 1.165) is 5.56 Å². The number of rotatable bonds is 1. The van der Waals surface area contributed by atoms with Crippen LogP contribution in [0.4, 0.5) is 4.39 Å². The van der Waals surface area contributed by atoms with Crippen LogP contribution in [0.25, 0.3) is 0 Å². The standard InChI is InChI=1S/C11H9FO3/c12-6-1-2-7-9(3-6)15-5-11(7)4-8(11)10(13)14/h1-3,8H,4-5H2,(H,13,14). The molecule has 0 bridgehead atoms. The molecule has 1 heterocycles. The first kappa shape index (κ1) is 8.71. The number of fused-ring (bicyclic) bond motifs is 2. The third-order valence-electron chi connectivity index (χ3n) is 3.34. The normalized spacial score (nSPS) is 31.1. The highest BCUT2D eigenvalue weighted by Gasteiger charge is 2.63. The van der Waals surface area contributed by atoms with Crippen molar-refractivity contribution in [2.45, 2.75) is 11.8 Å². The molecule has 1 aliphatic heterocycles. The lowest BCUT2D eigenvalue weighted by Gasteiger charge is -2.04. The maximum Gasteiger partial charge on any atom is 0.307 e. The van der Waals surface area contributed by atoms with E-state index >= 15 is 0 Å². The zero-order valence-electron chi connectivity index (χ0n) is 7.87. The smallest absolute Gasteiger partial charge is 0.307 e. The zero-order valence-corrected chi connectivity index (χ0v) is 7.87. The molecule has 15 heavy (non-hydrogen) atoms. The van der Waals surface area contributed by atoms with Crippen LogP contribution < -0.4 is 4.74 Å². The first-order valence-corrected chi connectivity index (χ1v) is 4.79. The molecule has 0 aromatic heterocycles. The molecule has 1 spiro atoms. The molecule has 1 aromatic rings. The van der Waals surface area contributed by atoms with Gasteiger partial charge in [-0.15, -0.1) is 0 Å². The lowest BCUT2D eigenvalue weighted by atomic mass is 9.95. The zero-order chi connectivity index (χ0) is 10.6. The Hall–Kier alpha value is -1.58. The maximum atomic E-state index is 12.9. The number of aliphatic carboxylic acids is 1. The third-order valence-corrected chi connectivity index (χ3v) is 3.34. The topological polar surface area (TPSA) is 46.5 Å². The predicted molar refractivity (Wildman–Crippen MR) is 49.3 cm³/mol. The van der Waals surface area contributed by atoms with Crippen molar-refractivity contribution in [3.63, 3.8) is 0 Å². The molecule has 2 unspecified atom stereocenters. The molecular formula is C11H9FO3. The quantitative estimate of drug-likeness (QED) is 0.761. The Kier molecular flexibility index (Phi) is 1.45. The SMILES string of the molecule is O=C(O)C1CC12COc1cc(F)ccc12. The Balaban J connectivity index is 2.04. The van der Waals surface area contributed by atoms with Gasteiger partial charge < -0.3 is 9.84 Å². The van der Waals surface area contributed by atoms with Crippen LogP contribution in [0.1, 0.15) is 12.0 Å². The monoisotopic (exact) mass is 208 g/mol. The first-order chi connectivity index (χ1) is 7.13. The summed E-state index contributed by atoms with van der Waals surface area (Å²) in [6, 6.07) is 4.31. The highest BCUT2D eigenvalue weighted by atomic mass is 19.1. The van der Waals surface area contributed by atoms with Gasteiger partial charge in [-0.25, -0.2) is 4.39 Å². The predicted octanol–water partition coefficient (Wildman–Crippen LogP) is 1.56. The summed E-state index contributed by atoms with van der Waals surface area (Å²) >= 11 is 0.